The summed E-state index contributed by atoms with van der Waals surface area (Å²) in [5.74, 6) is 0.0428. The number of hydrogen-bond donors (Lipinski definition) is 0. The van der Waals surface area contributed by atoms with Crippen LogP contribution < -0.4 is 0 Å². The molecule has 0 fully saturated rings. The second kappa shape index (κ2) is 6.27. The molecule has 0 aliphatic rings. The molecule has 1 amide bonds. The summed E-state index contributed by atoms with van der Waals surface area (Å²) in [5, 5.41) is 4.92. The van der Waals surface area contributed by atoms with Crippen molar-refractivity contribution in [1.82, 2.24) is 15.0 Å². The Bertz CT molecular complexity index is 793. The summed E-state index contributed by atoms with van der Waals surface area (Å²) < 4.78 is 5.24. The minimum atomic E-state index is 0.0428. The first-order valence-electron chi connectivity index (χ1n) is 7.11. The minimum absolute atomic E-state index is 0.0428. The van der Waals surface area contributed by atoms with E-state index in [9.17, 15) is 4.79 Å². The normalized spacial score (nSPS) is 11.0. The van der Waals surface area contributed by atoms with Gasteiger partial charge in [-0.05, 0) is 19.1 Å². The van der Waals surface area contributed by atoms with Crippen molar-refractivity contribution in [1.29, 1.82) is 0 Å². The van der Waals surface area contributed by atoms with E-state index in [1.54, 1.807) is 16.2 Å². The molecule has 0 saturated carbocycles. The fraction of sp³-hybridized carbons (Fsp3) is 0.312. The molecule has 3 aromatic rings. The number of thiazole rings is 1. The van der Waals surface area contributed by atoms with Crippen molar-refractivity contribution in [3.05, 3.63) is 46.0 Å². The van der Waals surface area contributed by atoms with Gasteiger partial charge in [-0.2, -0.15) is 0 Å². The lowest BCUT2D eigenvalue weighted by atomic mass is 10.1. The summed E-state index contributed by atoms with van der Waals surface area (Å²) in [6.45, 7) is 2.67. The Morgan fingerprint density at radius 1 is 1.36 bits per heavy atom. The monoisotopic (exact) mass is 315 g/mol. The predicted octanol–water partition coefficient (Wildman–Crippen LogP) is 2.84. The molecule has 0 aliphatic carbocycles. The van der Waals surface area contributed by atoms with Crippen LogP contribution in [0.25, 0.3) is 11.0 Å². The molecule has 0 atom stereocenters. The number of rotatable bonds is 5. The summed E-state index contributed by atoms with van der Waals surface area (Å²) >= 11 is 1.63. The van der Waals surface area contributed by atoms with E-state index in [1.165, 1.54) is 4.88 Å². The standard InChI is InChI=1S/C16H17N3O2S/c1-11-15(22-10-17-11)7-8-19(2)16(20)9-13-12-5-3-4-6-14(12)21-18-13/h3-6,10H,7-9H2,1-2H3. The molecule has 0 saturated heterocycles. The number of fused-ring (bicyclic) bond motifs is 1. The summed E-state index contributed by atoms with van der Waals surface area (Å²) in [6.07, 6.45) is 1.09. The largest absolute Gasteiger partial charge is 0.356 e. The molecule has 0 spiro atoms. The third-order valence-electron chi connectivity index (χ3n) is 3.72. The van der Waals surface area contributed by atoms with Crippen LogP contribution in [0.3, 0.4) is 0 Å². The Morgan fingerprint density at radius 2 is 2.18 bits per heavy atom. The number of para-hydroxylation sites is 1. The van der Waals surface area contributed by atoms with Crippen LogP contribution in [-0.2, 0) is 17.6 Å². The van der Waals surface area contributed by atoms with Crippen LogP contribution in [0.2, 0.25) is 0 Å². The molecule has 5 nitrogen and oxygen atoms in total. The third kappa shape index (κ3) is 3.01. The zero-order valence-corrected chi connectivity index (χ0v) is 13.4. The topological polar surface area (TPSA) is 59.2 Å². The Labute approximate surface area is 132 Å². The molecular formula is C16H17N3O2S. The van der Waals surface area contributed by atoms with Crippen molar-refractivity contribution in [2.24, 2.45) is 0 Å². The average Bonchev–Trinajstić information content (AvgIpc) is 3.12. The second-order valence-electron chi connectivity index (χ2n) is 5.23. The first-order valence-corrected chi connectivity index (χ1v) is 7.99. The summed E-state index contributed by atoms with van der Waals surface area (Å²) in [7, 11) is 1.82. The molecule has 2 heterocycles. The molecule has 2 aromatic heterocycles. The van der Waals surface area contributed by atoms with Crippen LogP contribution in [0, 0.1) is 6.92 Å². The van der Waals surface area contributed by atoms with Crippen molar-refractivity contribution in [3.63, 3.8) is 0 Å². The smallest absolute Gasteiger partial charge is 0.228 e. The highest BCUT2D eigenvalue weighted by Crippen LogP contribution is 2.19. The lowest BCUT2D eigenvalue weighted by molar-refractivity contribution is -0.129. The van der Waals surface area contributed by atoms with Gasteiger partial charge in [-0.1, -0.05) is 17.3 Å². The van der Waals surface area contributed by atoms with Crippen LogP contribution >= 0.6 is 11.3 Å². The van der Waals surface area contributed by atoms with E-state index >= 15 is 0 Å². The number of likely N-dealkylation sites (N-methyl/N-ethyl adjacent to an activating group) is 1. The van der Waals surface area contributed by atoms with Gasteiger partial charge in [-0.3, -0.25) is 4.79 Å². The maximum atomic E-state index is 12.3. The van der Waals surface area contributed by atoms with Gasteiger partial charge < -0.3 is 9.42 Å². The van der Waals surface area contributed by atoms with Gasteiger partial charge in [0.15, 0.2) is 5.58 Å². The average molecular weight is 315 g/mol. The van der Waals surface area contributed by atoms with Crippen molar-refractivity contribution in [2.45, 2.75) is 19.8 Å². The predicted molar refractivity (Wildman–Crippen MR) is 85.9 cm³/mol. The zero-order chi connectivity index (χ0) is 15.5. The fourth-order valence-electron chi connectivity index (χ4n) is 2.30. The zero-order valence-electron chi connectivity index (χ0n) is 12.6. The molecule has 3 rings (SSSR count). The van der Waals surface area contributed by atoms with E-state index in [1.807, 2.05) is 43.7 Å². The molecule has 114 valence electrons. The molecule has 6 heteroatoms. The number of amides is 1. The Balaban J connectivity index is 1.62. The van der Waals surface area contributed by atoms with Crippen LogP contribution in [-0.4, -0.2) is 34.5 Å². The maximum Gasteiger partial charge on any atom is 0.228 e. The molecule has 22 heavy (non-hydrogen) atoms. The van der Waals surface area contributed by atoms with Gasteiger partial charge in [0, 0.05) is 30.3 Å². The van der Waals surface area contributed by atoms with Gasteiger partial charge in [-0.15, -0.1) is 11.3 Å². The van der Waals surface area contributed by atoms with Crippen LogP contribution in [0.4, 0.5) is 0 Å². The molecule has 0 aliphatic heterocycles. The van der Waals surface area contributed by atoms with Gasteiger partial charge in [0.2, 0.25) is 5.91 Å². The molecule has 0 radical (unpaired) electrons. The summed E-state index contributed by atoms with van der Waals surface area (Å²) in [6, 6.07) is 7.59. The molecule has 1 aromatic carbocycles. The lowest BCUT2D eigenvalue weighted by Gasteiger charge is -2.16. The van der Waals surface area contributed by atoms with E-state index < -0.39 is 0 Å². The molecular weight excluding hydrogens is 298 g/mol. The van der Waals surface area contributed by atoms with Gasteiger partial charge in [0.1, 0.15) is 5.69 Å². The van der Waals surface area contributed by atoms with Crippen molar-refractivity contribution < 1.29 is 9.32 Å². The first kappa shape index (κ1) is 14.7. The summed E-state index contributed by atoms with van der Waals surface area (Å²) in [4.78, 5) is 19.5. The van der Waals surface area contributed by atoms with E-state index in [0.29, 0.717) is 17.8 Å². The number of hydrogen-bond acceptors (Lipinski definition) is 5. The SMILES string of the molecule is Cc1ncsc1CCN(C)C(=O)Cc1noc2ccccc12. The van der Waals surface area contributed by atoms with Crippen molar-refractivity contribution >= 4 is 28.2 Å². The molecule has 0 bridgehead atoms. The maximum absolute atomic E-state index is 12.3. The number of nitrogens with zero attached hydrogens (tertiary/aromatic N) is 3. The van der Waals surface area contributed by atoms with Crippen LogP contribution in [0.1, 0.15) is 16.3 Å². The lowest BCUT2D eigenvalue weighted by Crippen LogP contribution is -2.30. The van der Waals surface area contributed by atoms with Gasteiger partial charge >= 0.3 is 0 Å². The quantitative estimate of drug-likeness (QED) is 0.726. The van der Waals surface area contributed by atoms with Crippen LogP contribution in [0.5, 0.6) is 0 Å². The van der Waals surface area contributed by atoms with Crippen LogP contribution in [0.15, 0.2) is 34.3 Å². The van der Waals surface area contributed by atoms with Crippen molar-refractivity contribution in [2.75, 3.05) is 13.6 Å². The van der Waals surface area contributed by atoms with E-state index in [0.717, 1.165) is 17.5 Å². The van der Waals surface area contributed by atoms with Gasteiger partial charge in [0.05, 0.1) is 17.6 Å². The number of benzene rings is 1. The Hall–Kier alpha value is -2.21. The Kier molecular flexibility index (Phi) is 4.20. The molecule has 0 N–H and O–H groups in total. The fourth-order valence-corrected chi connectivity index (χ4v) is 3.07. The Morgan fingerprint density at radius 3 is 2.95 bits per heavy atom. The van der Waals surface area contributed by atoms with Gasteiger partial charge in [-0.25, -0.2) is 4.98 Å². The number of aryl methyl sites for hydroxylation is 1. The second-order valence-corrected chi connectivity index (χ2v) is 6.17. The number of carbonyl (C=O) groups excluding carboxylic acids is 1. The van der Waals surface area contributed by atoms with Gasteiger partial charge in [0.25, 0.3) is 0 Å². The number of aromatic nitrogens is 2. The minimum Gasteiger partial charge on any atom is -0.356 e. The first-order chi connectivity index (χ1) is 10.6. The molecule has 0 unspecified atom stereocenters. The van der Waals surface area contributed by atoms with Crippen molar-refractivity contribution in [3.8, 4) is 0 Å². The third-order valence-corrected chi connectivity index (χ3v) is 4.71. The highest BCUT2D eigenvalue weighted by atomic mass is 32.1. The highest BCUT2D eigenvalue weighted by molar-refractivity contribution is 7.09. The highest BCUT2D eigenvalue weighted by Gasteiger charge is 2.15. The number of carbonyl (C=O) groups is 1. The summed E-state index contributed by atoms with van der Waals surface area (Å²) in [5.41, 5.74) is 4.30. The van der Waals surface area contributed by atoms with E-state index in [4.69, 9.17) is 4.52 Å². The van der Waals surface area contributed by atoms with E-state index in [2.05, 4.69) is 10.1 Å². The van der Waals surface area contributed by atoms with E-state index in [-0.39, 0.29) is 12.3 Å².